The van der Waals surface area contributed by atoms with E-state index >= 15 is 0 Å². The van der Waals surface area contributed by atoms with Crippen LogP contribution in [0.2, 0.25) is 5.02 Å². The fourth-order valence-electron chi connectivity index (χ4n) is 5.26. The molecule has 3 fully saturated rings. The zero-order valence-corrected chi connectivity index (χ0v) is 19.5. The van der Waals surface area contributed by atoms with Crippen molar-refractivity contribution in [3.05, 3.63) is 59.6 Å². The monoisotopic (exact) mass is 467 g/mol. The summed E-state index contributed by atoms with van der Waals surface area (Å²) < 4.78 is 5.61. The van der Waals surface area contributed by atoms with Gasteiger partial charge < -0.3 is 19.4 Å². The van der Waals surface area contributed by atoms with Crippen LogP contribution in [0.25, 0.3) is 0 Å². The highest BCUT2D eigenvalue weighted by molar-refractivity contribution is 6.30. The van der Waals surface area contributed by atoms with Crippen molar-refractivity contribution in [1.82, 2.24) is 9.80 Å². The molecule has 1 aliphatic carbocycles. The van der Waals surface area contributed by atoms with Crippen molar-refractivity contribution in [2.45, 2.75) is 19.3 Å². The van der Waals surface area contributed by atoms with Gasteiger partial charge in [-0.2, -0.15) is 0 Å². The molecule has 0 N–H and O–H groups in total. The van der Waals surface area contributed by atoms with Gasteiger partial charge in [0.15, 0.2) is 6.61 Å². The lowest BCUT2D eigenvalue weighted by Gasteiger charge is -2.37. The first kappa shape index (κ1) is 22.1. The average molecular weight is 468 g/mol. The molecule has 7 heteroatoms. The molecule has 1 atom stereocenters. The highest BCUT2D eigenvalue weighted by Crippen LogP contribution is 2.60. The maximum Gasteiger partial charge on any atom is 0.260 e. The third-order valence-electron chi connectivity index (χ3n) is 7.49. The van der Waals surface area contributed by atoms with Gasteiger partial charge in [-0.05, 0) is 61.1 Å². The van der Waals surface area contributed by atoms with Crippen LogP contribution in [0.3, 0.4) is 0 Å². The summed E-state index contributed by atoms with van der Waals surface area (Å²) in [6.45, 7) is 4.77. The molecular weight excluding hydrogens is 438 g/mol. The number of benzene rings is 2. The molecule has 0 bridgehead atoms. The van der Waals surface area contributed by atoms with E-state index in [1.807, 2.05) is 11.0 Å². The normalized spacial score (nSPS) is 21.7. The summed E-state index contributed by atoms with van der Waals surface area (Å²) in [5.74, 6) is 1.08. The molecule has 174 valence electrons. The highest BCUT2D eigenvalue weighted by atomic mass is 35.5. The Hall–Kier alpha value is -2.73. The number of rotatable bonds is 5. The number of piperidine rings is 1. The molecule has 0 aromatic heterocycles. The summed E-state index contributed by atoms with van der Waals surface area (Å²) in [7, 11) is 0. The summed E-state index contributed by atoms with van der Waals surface area (Å²) in [5.41, 5.74) is 1.33. The summed E-state index contributed by atoms with van der Waals surface area (Å²) in [6.07, 6.45) is 2.77. The highest BCUT2D eigenvalue weighted by Gasteiger charge is 2.59. The third-order valence-corrected chi connectivity index (χ3v) is 7.74. The van der Waals surface area contributed by atoms with Crippen LogP contribution in [0.1, 0.15) is 19.3 Å². The van der Waals surface area contributed by atoms with Crippen LogP contribution in [-0.4, -0.2) is 67.5 Å². The Bertz CT molecular complexity index is 982. The van der Waals surface area contributed by atoms with Crippen LogP contribution in [0.15, 0.2) is 54.6 Å². The van der Waals surface area contributed by atoms with Crippen molar-refractivity contribution in [1.29, 1.82) is 0 Å². The van der Waals surface area contributed by atoms with Crippen molar-refractivity contribution in [2.75, 3.05) is 50.8 Å². The second kappa shape index (κ2) is 9.26. The van der Waals surface area contributed by atoms with E-state index < -0.39 is 0 Å². The molecule has 5 rings (SSSR count). The average Bonchev–Trinajstić information content (AvgIpc) is 3.57. The Morgan fingerprint density at radius 2 is 1.55 bits per heavy atom. The first-order valence-electron chi connectivity index (χ1n) is 11.8. The predicted molar refractivity (Wildman–Crippen MR) is 129 cm³/mol. The third kappa shape index (κ3) is 4.81. The minimum absolute atomic E-state index is 0.000334. The fourth-order valence-corrected chi connectivity index (χ4v) is 5.39. The number of carbonyl (C=O) groups is 2. The molecule has 2 aliphatic heterocycles. The second-order valence-electron chi connectivity index (χ2n) is 9.39. The zero-order valence-electron chi connectivity index (χ0n) is 18.8. The van der Waals surface area contributed by atoms with Gasteiger partial charge in [0.05, 0.1) is 0 Å². The molecule has 0 radical (unpaired) electrons. The summed E-state index contributed by atoms with van der Waals surface area (Å²) in [4.78, 5) is 32.0. The zero-order chi connectivity index (χ0) is 22.8. The van der Waals surface area contributed by atoms with Crippen LogP contribution in [0, 0.1) is 11.3 Å². The summed E-state index contributed by atoms with van der Waals surface area (Å²) in [5, 5.41) is 0.640. The molecule has 3 aliphatic rings. The number of amides is 2. The van der Waals surface area contributed by atoms with Crippen molar-refractivity contribution in [3.63, 3.8) is 0 Å². The molecule has 2 heterocycles. The van der Waals surface area contributed by atoms with Crippen molar-refractivity contribution >= 4 is 29.1 Å². The molecule has 1 saturated carbocycles. The van der Waals surface area contributed by atoms with Gasteiger partial charge in [0.1, 0.15) is 5.75 Å². The Morgan fingerprint density at radius 1 is 0.879 bits per heavy atom. The van der Waals surface area contributed by atoms with Crippen LogP contribution >= 0.6 is 11.6 Å². The van der Waals surface area contributed by atoms with E-state index in [1.54, 1.807) is 24.3 Å². The van der Waals surface area contributed by atoms with Crippen LogP contribution < -0.4 is 9.64 Å². The number of hydrogen-bond acceptors (Lipinski definition) is 4. The van der Waals surface area contributed by atoms with Gasteiger partial charge in [-0.1, -0.05) is 29.8 Å². The first-order valence-corrected chi connectivity index (χ1v) is 12.2. The van der Waals surface area contributed by atoms with Crippen molar-refractivity contribution < 1.29 is 14.3 Å². The van der Waals surface area contributed by atoms with Gasteiger partial charge in [0.25, 0.3) is 5.91 Å². The van der Waals surface area contributed by atoms with E-state index in [0.717, 1.165) is 45.4 Å². The number of carbonyl (C=O) groups excluding carboxylic acids is 2. The van der Waals surface area contributed by atoms with Crippen molar-refractivity contribution in [3.8, 4) is 5.75 Å². The molecule has 2 aromatic rings. The van der Waals surface area contributed by atoms with Crippen molar-refractivity contribution in [2.24, 2.45) is 11.3 Å². The molecule has 6 nitrogen and oxygen atoms in total. The maximum absolute atomic E-state index is 13.2. The quantitative estimate of drug-likeness (QED) is 0.673. The maximum atomic E-state index is 13.2. The van der Waals surface area contributed by atoms with E-state index in [9.17, 15) is 9.59 Å². The van der Waals surface area contributed by atoms with Gasteiger partial charge in [-0.15, -0.1) is 0 Å². The number of ether oxygens (including phenoxy) is 1. The number of anilines is 1. The van der Waals surface area contributed by atoms with E-state index in [0.29, 0.717) is 29.8 Å². The number of halogens is 1. The van der Waals surface area contributed by atoms with E-state index in [2.05, 4.69) is 34.1 Å². The molecule has 2 saturated heterocycles. The number of nitrogens with zero attached hydrogens (tertiary/aromatic N) is 3. The second-order valence-corrected chi connectivity index (χ2v) is 9.83. The minimum Gasteiger partial charge on any atom is -0.484 e. The molecule has 2 aromatic carbocycles. The summed E-state index contributed by atoms with van der Waals surface area (Å²) >= 11 is 5.88. The van der Waals surface area contributed by atoms with E-state index in [-0.39, 0.29) is 23.8 Å². The standard InChI is InChI=1S/C26H30ClN3O3/c27-20-6-8-22(9-7-20)33-19-24(31)29-12-10-26(11-13-29)18-23(26)25(32)30-16-14-28(15-17-30)21-4-2-1-3-5-21/h1-9,23H,10-19H2/t23-/m1/s1. The Labute approximate surface area is 200 Å². The lowest BCUT2D eigenvalue weighted by atomic mass is 9.90. The van der Waals surface area contributed by atoms with Crippen LogP contribution in [-0.2, 0) is 9.59 Å². The number of para-hydroxylation sites is 1. The van der Waals surface area contributed by atoms with E-state index in [4.69, 9.17) is 16.3 Å². The SMILES string of the molecule is O=C(COc1ccc(Cl)cc1)N1CCC2(CC1)C[C@@H]2C(=O)N1CCN(c2ccccc2)CC1. The van der Waals surface area contributed by atoms with Gasteiger partial charge in [-0.3, -0.25) is 9.59 Å². The smallest absolute Gasteiger partial charge is 0.260 e. The predicted octanol–water partition coefficient (Wildman–Crippen LogP) is 3.70. The van der Waals surface area contributed by atoms with Crippen LogP contribution in [0.5, 0.6) is 5.75 Å². The van der Waals surface area contributed by atoms with Gasteiger partial charge in [-0.25, -0.2) is 0 Å². The molecule has 1 spiro atoms. The molecule has 0 unspecified atom stereocenters. The number of likely N-dealkylation sites (tertiary alicyclic amines) is 1. The summed E-state index contributed by atoms with van der Waals surface area (Å²) in [6, 6.07) is 17.4. The lowest BCUT2D eigenvalue weighted by Crippen LogP contribution is -2.50. The van der Waals surface area contributed by atoms with Gasteiger partial charge >= 0.3 is 0 Å². The largest absolute Gasteiger partial charge is 0.484 e. The fraction of sp³-hybridized carbons (Fsp3) is 0.462. The Kier molecular flexibility index (Phi) is 6.19. The number of piperazine rings is 1. The molecular formula is C26H30ClN3O3. The Balaban J connectivity index is 1.07. The topological polar surface area (TPSA) is 53.1 Å². The van der Waals surface area contributed by atoms with E-state index in [1.165, 1.54) is 5.69 Å². The minimum atomic E-state index is 0.000334. The molecule has 2 amide bonds. The Morgan fingerprint density at radius 3 is 2.21 bits per heavy atom. The first-order chi connectivity index (χ1) is 16.0. The van der Waals surface area contributed by atoms with Gasteiger partial charge in [0.2, 0.25) is 5.91 Å². The van der Waals surface area contributed by atoms with Gasteiger partial charge in [0, 0.05) is 55.9 Å². The molecule has 33 heavy (non-hydrogen) atoms. The number of hydrogen-bond donors (Lipinski definition) is 0. The lowest BCUT2D eigenvalue weighted by molar-refractivity contribution is -0.136. The van der Waals surface area contributed by atoms with Crippen LogP contribution in [0.4, 0.5) is 5.69 Å².